The van der Waals surface area contributed by atoms with Crippen LogP contribution >= 0.6 is 0 Å². The van der Waals surface area contributed by atoms with Crippen molar-refractivity contribution in [2.45, 2.75) is 6.92 Å². The van der Waals surface area contributed by atoms with Gasteiger partial charge >= 0.3 is 0 Å². The summed E-state index contributed by atoms with van der Waals surface area (Å²) in [6.45, 7) is 1.66. The standard InChI is InChI=1S/C11H14N4O4S/c1-8-10(13-7-20(17,18)19)11(16)15(14(8)2)9-5-3-4-6-12-9/h3-6,13H,7H2,1-2H3,(H,17,18,19). The third-order valence-electron chi connectivity index (χ3n) is 2.85. The summed E-state index contributed by atoms with van der Waals surface area (Å²) in [7, 11) is -2.55. The Morgan fingerprint density at radius 2 is 2.10 bits per heavy atom. The summed E-state index contributed by atoms with van der Waals surface area (Å²) in [5.41, 5.74) is 0.201. The summed E-state index contributed by atoms with van der Waals surface area (Å²) in [5, 5.41) is 2.43. The van der Waals surface area contributed by atoms with Gasteiger partial charge in [0.1, 0.15) is 11.6 Å². The maximum absolute atomic E-state index is 12.3. The Balaban J connectivity index is 2.50. The van der Waals surface area contributed by atoms with Crippen LogP contribution in [0.2, 0.25) is 0 Å². The van der Waals surface area contributed by atoms with E-state index in [1.54, 1.807) is 43.0 Å². The van der Waals surface area contributed by atoms with E-state index in [0.29, 0.717) is 11.5 Å². The van der Waals surface area contributed by atoms with Gasteiger partial charge in [0, 0.05) is 13.2 Å². The van der Waals surface area contributed by atoms with Gasteiger partial charge in [0.05, 0.1) is 5.69 Å². The molecule has 0 spiro atoms. The maximum Gasteiger partial charge on any atom is 0.296 e. The van der Waals surface area contributed by atoms with Gasteiger partial charge < -0.3 is 5.32 Å². The predicted octanol–water partition coefficient (Wildman–Crippen LogP) is 0.137. The number of anilines is 1. The van der Waals surface area contributed by atoms with E-state index >= 15 is 0 Å². The fourth-order valence-corrected chi connectivity index (χ4v) is 2.14. The molecule has 2 aromatic heterocycles. The molecule has 2 rings (SSSR count). The molecule has 0 aliphatic heterocycles. The molecular weight excluding hydrogens is 284 g/mol. The molecule has 0 aliphatic carbocycles. The summed E-state index contributed by atoms with van der Waals surface area (Å²) in [6.07, 6.45) is 1.55. The fourth-order valence-electron chi connectivity index (χ4n) is 1.81. The van der Waals surface area contributed by atoms with Crippen LogP contribution < -0.4 is 10.9 Å². The number of hydrogen-bond acceptors (Lipinski definition) is 5. The molecule has 0 unspecified atom stereocenters. The Morgan fingerprint density at radius 3 is 2.65 bits per heavy atom. The lowest BCUT2D eigenvalue weighted by molar-refractivity contribution is 0.485. The topological polar surface area (TPSA) is 106 Å². The van der Waals surface area contributed by atoms with Crippen LogP contribution in [0.1, 0.15) is 5.69 Å². The number of aromatic nitrogens is 3. The van der Waals surface area contributed by atoms with Crippen LogP contribution in [0.25, 0.3) is 5.82 Å². The molecule has 8 nitrogen and oxygen atoms in total. The van der Waals surface area contributed by atoms with Crippen molar-refractivity contribution >= 4 is 15.8 Å². The molecule has 0 aromatic carbocycles. The average molecular weight is 298 g/mol. The van der Waals surface area contributed by atoms with Crippen molar-refractivity contribution in [2.24, 2.45) is 7.05 Å². The van der Waals surface area contributed by atoms with Gasteiger partial charge in [-0.25, -0.2) is 4.98 Å². The zero-order valence-corrected chi connectivity index (χ0v) is 11.8. The second-order valence-corrected chi connectivity index (χ2v) is 5.64. The van der Waals surface area contributed by atoms with Crippen LogP contribution in [-0.4, -0.2) is 33.2 Å². The van der Waals surface area contributed by atoms with Crippen molar-refractivity contribution in [3.05, 3.63) is 40.4 Å². The zero-order chi connectivity index (χ0) is 14.9. The highest BCUT2D eigenvalue weighted by Crippen LogP contribution is 2.12. The molecule has 0 fully saturated rings. The molecule has 2 aromatic rings. The third-order valence-corrected chi connectivity index (χ3v) is 3.36. The van der Waals surface area contributed by atoms with Crippen molar-refractivity contribution in [3.8, 4) is 5.82 Å². The molecule has 108 valence electrons. The normalized spacial score (nSPS) is 11.6. The van der Waals surface area contributed by atoms with E-state index in [0.717, 1.165) is 0 Å². The molecule has 0 aliphatic rings. The smallest absolute Gasteiger partial charge is 0.296 e. The van der Waals surface area contributed by atoms with Gasteiger partial charge in [-0.3, -0.25) is 14.0 Å². The number of hydrogen-bond donors (Lipinski definition) is 2. The Hall–Kier alpha value is -2.13. The van der Waals surface area contributed by atoms with Gasteiger partial charge in [0.25, 0.3) is 15.7 Å². The number of pyridine rings is 1. The highest BCUT2D eigenvalue weighted by atomic mass is 32.2. The lowest BCUT2D eigenvalue weighted by Gasteiger charge is -2.06. The zero-order valence-electron chi connectivity index (χ0n) is 10.9. The molecule has 9 heteroatoms. The molecule has 20 heavy (non-hydrogen) atoms. The molecule has 0 bridgehead atoms. The van der Waals surface area contributed by atoms with Crippen molar-refractivity contribution in [2.75, 3.05) is 11.2 Å². The first kappa shape index (κ1) is 14.3. The summed E-state index contributed by atoms with van der Waals surface area (Å²) >= 11 is 0. The molecule has 0 saturated carbocycles. The Labute approximate surface area is 115 Å². The number of nitrogens with one attached hydrogen (secondary N) is 1. The summed E-state index contributed by atoms with van der Waals surface area (Å²) in [6, 6.07) is 5.12. The van der Waals surface area contributed by atoms with Gasteiger partial charge in [0.15, 0.2) is 5.82 Å². The monoisotopic (exact) mass is 298 g/mol. The van der Waals surface area contributed by atoms with Crippen LogP contribution in [0.3, 0.4) is 0 Å². The number of rotatable bonds is 4. The van der Waals surface area contributed by atoms with Crippen LogP contribution in [0.15, 0.2) is 29.2 Å². The van der Waals surface area contributed by atoms with Crippen molar-refractivity contribution in [3.63, 3.8) is 0 Å². The Bertz CT molecular complexity index is 777. The highest BCUT2D eigenvalue weighted by Gasteiger charge is 2.17. The Kier molecular flexibility index (Phi) is 3.64. The van der Waals surface area contributed by atoms with Crippen LogP contribution in [0, 0.1) is 6.92 Å². The minimum absolute atomic E-state index is 0.107. The SMILES string of the molecule is Cc1c(NCS(=O)(=O)O)c(=O)n(-c2ccccn2)n1C. The summed E-state index contributed by atoms with van der Waals surface area (Å²) in [4.78, 5) is 16.4. The van der Waals surface area contributed by atoms with Gasteiger partial charge in [-0.15, -0.1) is 0 Å². The molecule has 0 atom stereocenters. The van der Waals surface area contributed by atoms with Gasteiger partial charge in [-0.05, 0) is 19.1 Å². The first-order valence-electron chi connectivity index (χ1n) is 5.70. The van der Waals surface area contributed by atoms with Crippen molar-refractivity contribution < 1.29 is 13.0 Å². The van der Waals surface area contributed by atoms with E-state index in [-0.39, 0.29) is 5.69 Å². The molecule has 0 radical (unpaired) electrons. The van der Waals surface area contributed by atoms with Crippen LogP contribution in [0.4, 0.5) is 5.69 Å². The lowest BCUT2D eigenvalue weighted by atomic mass is 10.4. The van der Waals surface area contributed by atoms with Crippen LogP contribution in [0.5, 0.6) is 0 Å². The molecule has 0 saturated heterocycles. The van der Waals surface area contributed by atoms with E-state index in [9.17, 15) is 13.2 Å². The van der Waals surface area contributed by atoms with Gasteiger partial charge in [-0.2, -0.15) is 13.1 Å². The van der Waals surface area contributed by atoms with Crippen molar-refractivity contribution in [1.29, 1.82) is 0 Å². The predicted molar refractivity (Wildman–Crippen MR) is 73.6 cm³/mol. The molecule has 2 N–H and O–H groups in total. The minimum atomic E-state index is -4.21. The van der Waals surface area contributed by atoms with Gasteiger partial charge in [-0.1, -0.05) is 6.07 Å². The van der Waals surface area contributed by atoms with Gasteiger partial charge in [0.2, 0.25) is 0 Å². The highest BCUT2D eigenvalue weighted by molar-refractivity contribution is 7.85. The van der Waals surface area contributed by atoms with E-state index in [1.807, 2.05) is 0 Å². The van der Waals surface area contributed by atoms with E-state index < -0.39 is 21.6 Å². The minimum Gasteiger partial charge on any atom is -0.364 e. The fraction of sp³-hybridized carbons (Fsp3) is 0.273. The van der Waals surface area contributed by atoms with E-state index in [2.05, 4.69) is 10.3 Å². The quantitative estimate of drug-likeness (QED) is 0.777. The first-order valence-corrected chi connectivity index (χ1v) is 7.31. The third kappa shape index (κ3) is 2.73. The van der Waals surface area contributed by atoms with E-state index in [1.165, 1.54) is 4.68 Å². The maximum atomic E-state index is 12.3. The van der Waals surface area contributed by atoms with E-state index in [4.69, 9.17) is 4.55 Å². The first-order chi connectivity index (χ1) is 9.31. The molecule has 0 amide bonds. The van der Waals surface area contributed by atoms with Crippen molar-refractivity contribution in [1.82, 2.24) is 14.3 Å². The second-order valence-electron chi connectivity index (χ2n) is 4.19. The largest absolute Gasteiger partial charge is 0.364 e. The molecule has 2 heterocycles. The summed E-state index contributed by atoms with van der Waals surface area (Å²) in [5.74, 6) is -0.307. The molecular formula is C11H14N4O4S. The lowest BCUT2D eigenvalue weighted by Crippen LogP contribution is -2.23. The number of nitrogens with zero attached hydrogens (tertiary/aromatic N) is 3. The van der Waals surface area contributed by atoms with Crippen LogP contribution in [-0.2, 0) is 17.2 Å². The Morgan fingerprint density at radius 1 is 1.40 bits per heavy atom. The second kappa shape index (κ2) is 5.10. The average Bonchev–Trinajstić information content (AvgIpc) is 2.59. The summed E-state index contributed by atoms with van der Waals surface area (Å²) < 4.78 is 33.1.